The number of likely N-dealkylation sites (tertiary alicyclic amines) is 1. The Kier molecular flexibility index (Phi) is 8.09. The third-order valence-electron chi connectivity index (χ3n) is 8.23. The first-order chi connectivity index (χ1) is 20.0. The zero-order valence-corrected chi connectivity index (χ0v) is 23.0. The van der Waals surface area contributed by atoms with Crippen LogP contribution in [0, 0.1) is 5.92 Å². The van der Waals surface area contributed by atoms with E-state index < -0.39 is 29.5 Å². The largest absolute Gasteiger partial charge is 0.492 e. The Morgan fingerprint density at radius 2 is 1.76 bits per heavy atom. The Morgan fingerprint density at radius 1 is 1.07 bits per heavy atom. The molecule has 2 N–H and O–H groups in total. The number of carbonyl (C=O) groups is 3. The molecule has 9 nitrogen and oxygen atoms in total. The number of aromatic nitrogens is 1. The number of primary amides is 1. The van der Waals surface area contributed by atoms with Gasteiger partial charge in [-0.3, -0.25) is 14.6 Å². The molecule has 42 heavy (non-hydrogen) atoms. The van der Waals surface area contributed by atoms with Crippen molar-refractivity contribution in [1.82, 2.24) is 14.9 Å². The summed E-state index contributed by atoms with van der Waals surface area (Å²) in [6.07, 6.45) is -2.43. The normalized spacial score (nSPS) is 21.0. The van der Waals surface area contributed by atoms with Crippen LogP contribution in [-0.2, 0) is 31.2 Å². The summed E-state index contributed by atoms with van der Waals surface area (Å²) in [5.74, 6) is -2.95. The van der Waals surface area contributed by atoms with Gasteiger partial charge in [0.15, 0.2) is 0 Å². The van der Waals surface area contributed by atoms with E-state index in [4.69, 9.17) is 10.5 Å². The van der Waals surface area contributed by atoms with Crippen LogP contribution >= 0.6 is 0 Å². The molecule has 2 aliphatic rings. The maximum atomic E-state index is 13.7. The molecule has 3 heterocycles. The highest BCUT2D eigenvalue weighted by Crippen LogP contribution is 2.39. The summed E-state index contributed by atoms with van der Waals surface area (Å²) in [4.78, 5) is 47.7. The highest BCUT2D eigenvalue weighted by Gasteiger charge is 2.50. The molecule has 2 atom stereocenters. The van der Waals surface area contributed by atoms with E-state index in [2.05, 4.69) is 9.82 Å². The molecule has 2 aliphatic heterocycles. The molecule has 0 spiro atoms. The maximum Gasteiger partial charge on any atom is 0.492 e. The van der Waals surface area contributed by atoms with Gasteiger partial charge in [0.05, 0.1) is 10.9 Å². The van der Waals surface area contributed by atoms with Crippen molar-refractivity contribution in [2.45, 2.75) is 50.4 Å². The number of pyridine rings is 1. The summed E-state index contributed by atoms with van der Waals surface area (Å²) in [6, 6.07) is 16.1. The van der Waals surface area contributed by atoms with Crippen LogP contribution in [0.4, 0.5) is 13.2 Å². The third kappa shape index (κ3) is 5.89. The third-order valence-corrected chi connectivity index (χ3v) is 8.23. The number of nitrogens with two attached hydrogens (primary N) is 1. The lowest BCUT2D eigenvalue weighted by Crippen LogP contribution is -2.54. The van der Waals surface area contributed by atoms with Gasteiger partial charge in [-0.05, 0) is 61.9 Å². The molecular formula is C30H31F3N4O5. The fourth-order valence-electron chi connectivity index (χ4n) is 5.86. The van der Waals surface area contributed by atoms with E-state index in [1.54, 1.807) is 6.20 Å². The first kappa shape index (κ1) is 29.3. The Balaban J connectivity index is 1.23. The average molecular weight is 585 g/mol. The van der Waals surface area contributed by atoms with Crippen molar-refractivity contribution in [1.29, 1.82) is 0 Å². The summed E-state index contributed by atoms with van der Waals surface area (Å²) in [6.45, 7) is 2.46. The minimum atomic E-state index is -5.10. The number of amides is 2. The molecule has 0 saturated carbocycles. The van der Waals surface area contributed by atoms with E-state index in [1.165, 1.54) is 4.90 Å². The van der Waals surface area contributed by atoms with Crippen molar-refractivity contribution in [3.8, 4) is 5.75 Å². The number of hydrogen-bond donors (Lipinski definition) is 1. The second-order valence-electron chi connectivity index (χ2n) is 10.9. The predicted octanol–water partition coefficient (Wildman–Crippen LogP) is 3.89. The van der Waals surface area contributed by atoms with Crippen LogP contribution in [0.15, 0.2) is 60.8 Å². The Bertz CT molecular complexity index is 1470. The van der Waals surface area contributed by atoms with Gasteiger partial charge in [-0.15, -0.1) is 5.06 Å². The van der Waals surface area contributed by atoms with Gasteiger partial charge in [-0.1, -0.05) is 30.3 Å². The molecule has 2 unspecified atom stereocenters. The average Bonchev–Trinajstić information content (AvgIpc) is 3.27. The van der Waals surface area contributed by atoms with Gasteiger partial charge in [-0.25, -0.2) is 4.79 Å². The van der Waals surface area contributed by atoms with Crippen LogP contribution in [0.1, 0.15) is 37.3 Å². The van der Waals surface area contributed by atoms with Crippen molar-refractivity contribution >= 4 is 28.7 Å². The second-order valence-corrected chi connectivity index (χ2v) is 10.9. The van der Waals surface area contributed by atoms with Crippen molar-refractivity contribution in [3.05, 3.63) is 71.9 Å². The van der Waals surface area contributed by atoms with Gasteiger partial charge in [0.25, 0.3) is 0 Å². The molecule has 2 saturated heterocycles. The van der Waals surface area contributed by atoms with Crippen molar-refractivity contribution in [3.63, 3.8) is 0 Å². The van der Waals surface area contributed by atoms with E-state index >= 15 is 0 Å². The summed E-state index contributed by atoms with van der Waals surface area (Å²) in [5, 5.41) is 1.94. The Labute approximate surface area is 240 Å². The summed E-state index contributed by atoms with van der Waals surface area (Å²) < 4.78 is 43.6. The van der Waals surface area contributed by atoms with Crippen molar-refractivity contribution in [2.75, 3.05) is 19.6 Å². The molecule has 222 valence electrons. The standard InChI is InChI=1S/C30H31F3N4O5/c1-29(21-6-8-22(9-7-21)41-18-20-10-14-35-24-5-3-2-4-23(20)24)13-17-37(27(29)39)25(26(34)38)19-11-15-36(16-12-19)42-28(40)30(31,32)33/h2-10,14,19,25H,11-13,15-18H2,1H3,(H2,34,38). The fourth-order valence-corrected chi connectivity index (χ4v) is 5.86. The number of fused-ring (bicyclic) bond motifs is 1. The summed E-state index contributed by atoms with van der Waals surface area (Å²) >= 11 is 0. The molecule has 0 bridgehead atoms. The maximum absolute atomic E-state index is 13.7. The zero-order chi connectivity index (χ0) is 30.1. The monoisotopic (exact) mass is 584 g/mol. The van der Waals surface area contributed by atoms with Gasteiger partial charge < -0.3 is 20.2 Å². The molecule has 2 aromatic carbocycles. The molecule has 5 rings (SSSR count). The number of halogens is 3. The lowest BCUT2D eigenvalue weighted by molar-refractivity contribution is -0.242. The van der Waals surface area contributed by atoms with Gasteiger partial charge >= 0.3 is 12.1 Å². The van der Waals surface area contributed by atoms with Crippen LogP contribution in [0.25, 0.3) is 10.9 Å². The topological polar surface area (TPSA) is 115 Å². The van der Waals surface area contributed by atoms with Gasteiger partial charge in [0.2, 0.25) is 11.8 Å². The van der Waals surface area contributed by atoms with Crippen LogP contribution in [0.2, 0.25) is 0 Å². The van der Waals surface area contributed by atoms with E-state index in [0.717, 1.165) is 27.1 Å². The van der Waals surface area contributed by atoms with Gasteiger partial charge in [0.1, 0.15) is 18.4 Å². The van der Waals surface area contributed by atoms with Gasteiger partial charge in [-0.2, -0.15) is 13.2 Å². The Hall–Kier alpha value is -4.19. The fraction of sp³-hybridized carbons (Fsp3) is 0.400. The molecule has 1 aromatic heterocycles. The number of hydroxylamine groups is 2. The SMILES string of the molecule is CC1(c2ccc(OCc3ccnc4ccccc34)cc2)CCN(C(C(N)=O)C2CCN(OC(=O)C(F)(F)F)CC2)C1=O. The number of benzene rings is 2. The predicted molar refractivity (Wildman–Crippen MR) is 146 cm³/mol. The first-order valence-electron chi connectivity index (χ1n) is 13.7. The molecule has 0 radical (unpaired) electrons. The summed E-state index contributed by atoms with van der Waals surface area (Å²) in [5.41, 5.74) is 7.51. The van der Waals surface area contributed by atoms with E-state index in [0.29, 0.717) is 25.3 Å². The van der Waals surface area contributed by atoms with E-state index in [1.807, 2.05) is 61.5 Å². The van der Waals surface area contributed by atoms with E-state index in [-0.39, 0.29) is 37.8 Å². The number of carbonyl (C=O) groups excluding carboxylic acids is 3. The van der Waals surface area contributed by atoms with E-state index in [9.17, 15) is 27.6 Å². The molecular weight excluding hydrogens is 553 g/mol. The second kappa shape index (κ2) is 11.6. The van der Waals surface area contributed by atoms with Crippen LogP contribution in [0.3, 0.4) is 0 Å². The first-order valence-corrected chi connectivity index (χ1v) is 13.7. The molecule has 3 aromatic rings. The van der Waals surface area contributed by atoms with Crippen LogP contribution in [-0.4, -0.2) is 64.6 Å². The summed E-state index contributed by atoms with van der Waals surface area (Å²) in [7, 11) is 0. The number of alkyl halides is 3. The zero-order valence-electron chi connectivity index (χ0n) is 23.0. The number of piperidine rings is 1. The minimum Gasteiger partial charge on any atom is -0.489 e. The van der Waals surface area contributed by atoms with Crippen molar-refractivity contribution in [2.24, 2.45) is 11.7 Å². The smallest absolute Gasteiger partial charge is 0.489 e. The lowest BCUT2D eigenvalue weighted by Gasteiger charge is -2.38. The Morgan fingerprint density at radius 3 is 2.43 bits per heavy atom. The highest BCUT2D eigenvalue weighted by molar-refractivity contribution is 5.94. The minimum absolute atomic E-state index is 0.00762. The molecule has 2 fully saturated rings. The quantitative estimate of drug-likeness (QED) is 0.427. The number of rotatable bonds is 8. The molecule has 12 heteroatoms. The van der Waals surface area contributed by atoms with Gasteiger partial charge in [0, 0.05) is 36.8 Å². The lowest BCUT2D eigenvalue weighted by atomic mass is 9.81. The highest BCUT2D eigenvalue weighted by atomic mass is 19.4. The van der Waals surface area contributed by atoms with Crippen molar-refractivity contribution < 1.29 is 37.1 Å². The number of nitrogens with zero attached hydrogens (tertiary/aromatic N) is 3. The molecule has 0 aliphatic carbocycles. The number of hydrogen-bond acceptors (Lipinski definition) is 7. The van der Waals surface area contributed by atoms with Crippen LogP contribution < -0.4 is 10.5 Å². The number of para-hydroxylation sites is 1. The number of ether oxygens (including phenoxy) is 1. The van der Waals surface area contributed by atoms with Crippen LogP contribution in [0.5, 0.6) is 5.75 Å². The molecule has 2 amide bonds.